The Morgan fingerprint density at radius 3 is 3.33 bits per heavy atom. The van der Waals surface area contributed by atoms with Crippen molar-refractivity contribution in [1.29, 1.82) is 0 Å². The van der Waals surface area contributed by atoms with Gasteiger partial charge in [-0.3, -0.25) is 4.79 Å². The minimum atomic E-state index is 0.0852. The summed E-state index contributed by atoms with van der Waals surface area (Å²) in [5.74, 6) is 1.37. The van der Waals surface area contributed by atoms with E-state index < -0.39 is 0 Å². The number of ether oxygens (including phenoxy) is 1. The third-order valence-corrected chi connectivity index (χ3v) is 3.19. The molecule has 0 radical (unpaired) electrons. The quantitative estimate of drug-likeness (QED) is 0.644. The van der Waals surface area contributed by atoms with Gasteiger partial charge in [0.2, 0.25) is 5.91 Å². The van der Waals surface area contributed by atoms with Crippen molar-refractivity contribution in [3.63, 3.8) is 0 Å². The van der Waals surface area contributed by atoms with Gasteiger partial charge in [0.05, 0.1) is 0 Å². The van der Waals surface area contributed by atoms with Crippen LogP contribution >= 0.6 is 0 Å². The second-order valence-electron chi connectivity index (χ2n) is 4.09. The average molecular weight is 203 g/mol. The Labute approximate surface area is 88.5 Å². The van der Waals surface area contributed by atoms with Crippen molar-refractivity contribution in [3.05, 3.63) is 35.1 Å². The highest BCUT2D eigenvalue weighted by Crippen LogP contribution is 2.36. The molecule has 3 nitrogen and oxygen atoms in total. The van der Waals surface area contributed by atoms with E-state index in [1.807, 2.05) is 12.2 Å². The zero-order valence-corrected chi connectivity index (χ0v) is 8.45. The highest BCUT2D eigenvalue weighted by atomic mass is 16.5. The van der Waals surface area contributed by atoms with Gasteiger partial charge in [0, 0.05) is 17.7 Å². The zero-order chi connectivity index (χ0) is 10.3. The fourth-order valence-corrected chi connectivity index (χ4v) is 2.47. The van der Waals surface area contributed by atoms with E-state index >= 15 is 0 Å². The molecule has 3 heteroatoms. The maximum atomic E-state index is 11.8. The molecular formula is C12H13NO2. The summed E-state index contributed by atoms with van der Waals surface area (Å²) in [5.41, 5.74) is 1.92. The summed E-state index contributed by atoms with van der Waals surface area (Å²) >= 11 is 0. The fourth-order valence-electron chi connectivity index (χ4n) is 2.47. The van der Waals surface area contributed by atoms with Crippen molar-refractivity contribution >= 4 is 5.91 Å². The number of carbonyl (C=O) groups is 1. The summed E-state index contributed by atoms with van der Waals surface area (Å²) < 4.78 is 5.52. The number of hydrogen-bond donors (Lipinski definition) is 1. The second kappa shape index (κ2) is 3.26. The molecule has 1 saturated heterocycles. The smallest absolute Gasteiger partial charge is 0.248 e. The Kier molecular flexibility index (Phi) is 1.91. The van der Waals surface area contributed by atoms with Crippen molar-refractivity contribution in [2.45, 2.75) is 12.8 Å². The molecule has 1 unspecified atom stereocenters. The molecular weight excluding hydrogens is 190 g/mol. The Hall–Kier alpha value is -1.51. The molecule has 78 valence electrons. The summed E-state index contributed by atoms with van der Waals surface area (Å²) in [6, 6.07) is 0. The van der Waals surface area contributed by atoms with E-state index in [1.54, 1.807) is 0 Å². The van der Waals surface area contributed by atoms with E-state index in [0.717, 1.165) is 36.3 Å². The van der Waals surface area contributed by atoms with Crippen molar-refractivity contribution < 1.29 is 9.53 Å². The lowest BCUT2D eigenvalue weighted by molar-refractivity contribution is -0.119. The summed E-state index contributed by atoms with van der Waals surface area (Å²) in [4.78, 5) is 11.8. The van der Waals surface area contributed by atoms with Crippen molar-refractivity contribution in [1.82, 2.24) is 5.32 Å². The second-order valence-corrected chi connectivity index (χ2v) is 4.09. The van der Waals surface area contributed by atoms with Crippen LogP contribution in [0.3, 0.4) is 0 Å². The van der Waals surface area contributed by atoms with E-state index in [9.17, 15) is 4.79 Å². The largest absolute Gasteiger partial charge is 0.489 e. The van der Waals surface area contributed by atoms with Crippen LogP contribution in [-0.2, 0) is 9.53 Å². The molecule has 0 bridgehead atoms. The van der Waals surface area contributed by atoms with Gasteiger partial charge in [0.1, 0.15) is 12.4 Å². The van der Waals surface area contributed by atoms with Crippen LogP contribution in [0.5, 0.6) is 0 Å². The lowest BCUT2D eigenvalue weighted by atomic mass is 9.81. The normalized spacial score (nSPS) is 28.7. The monoisotopic (exact) mass is 203 g/mol. The summed E-state index contributed by atoms with van der Waals surface area (Å²) in [5, 5.41) is 2.90. The lowest BCUT2D eigenvalue weighted by Crippen LogP contribution is -2.38. The van der Waals surface area contributed by atoms with E-state index in [0.29, 0.717) is 12.5 Å². The van der Waals surface area contributed by atoms with E-state index in [2.05, 4.69) is 11.4 Å². The van der Waals surface area contributed by atoms with Gasteiger partial charge in [-0.25, -0.2) is 0 Å². The third kappa shape index (κ3) is 1.30. The SMILES string of the molecule is O=C1NCCC2CC=C3OCC=CC3=C12. The van der Waals surface area contributed by atoms with Crippen LogP contribution < -0.4 is 5.32 Å². The van der Waals surface area contributed by atoms with Crippen LogP contribution in [0, 0.1) is 5.92 Å². The summed E-state index contributed by atoms with van der Waals surface area (Å²) in [6.45, 7) is 1.42. The van der Waals surface area contributed by atoms with Gasteiger partial charge in [-0.1, -0.05) is 6.08 Å². The van der Waals surface area contributed by atoms with Gasteiger partial charge in [-0.2, -0.15) is 0 Å². The molecule has 0 spiro atoms. The zero-order valence-electron chi connectivity index (χ0n) is 8.45. The van der Waals surface area contributed by atoms with Gasteiger partial charge in [0.25, 0.3) is 0 Å². The van der Waals surface area contributed by atoms with Crippen LogP contribution in [0.25, 0.3) is 0 Å². The third-order valence-electron chi connectivity index (χ3n) is 3.19. The molecule has 3 rings (SSSR count). The van der Waals surface area contributed by atoms with E-state index in [-0.39, 0.29) is 5.91 Å². The minimum absolute atomic E-state index is 0.0852. The molecule has 15 heavy (non-hydrogen) atoms. The van der Waals surface area contributed by atoms with Gasteiger partial charge >= 0.3 is 0 Å². The van der Waals surface area contributed by atoms with Crippen LogP contribution in [0.2, 0.25) is 0 Å². The first kappa shape index (κ1) is 8.77. The van der Waals surface area contributed by atoms with Crippen molar-refractivity contribution in [3.8, 4) is 0 Å². The van der Waals surface area contributed by atoms with Crippen LogP contribution in [0.15, 0.2) is 35.1 Å². The molecule has 3 aliphatic rings. The molecule has 0 aromatic heterocycles. The number of fused-ring (bicyclic) bond motifs is 2. The fraction of sp³-hybridized carbons (Fsp3) is 0.417. The van der Waals surface area contributed by atoms with Crippen molar-refractivity contribution in [2.24, 2.45) is 5.92 Å². The van der Waals surface area contributed by atoms with Crippen LogP contribution in [-0.4, -0.2) is 19.1 Å². The first-order chi connectivity index (χ1) is 7.36. The molecule has 1 aliphatic carbocycles. The Morgan fingerprint density at radius 2 is 2.40 bits per heavy atom. The number of allylic oxidation sites excluding steroid dienone is 2. The first-order valence-corrected chi connectivity index (χ1v) is 5.38. The maximum Gasteiger partial charge on any atom is 0.248 e. The van der Waals surface area contributed by atoms with Crippen LogP contribution in [0.1, 0.15) is 12.8 Å². The van der Waals surface area contributed by atoms with Gasteiger partial charge < -0.3 is 10.1 Å². The predicted molar refractivity (Wildman–Crippen MR) is 55.9 cm³/mol. The highest BCUT2D eigenvalue weighted by molar-refractivity contribution is 5.97. The first-order valence-electron chi connectivity index (χ1n) is 5.38. The number of nitrogens with one attached hydrogen (secondary N) is 1. The molecule has 1 N–H and O–H groups in total. The highest BCUT2D eigenvalue weighted by Gasteiger charge is 2.32. The molecule has 1 atom stereocenters. The molecule has 0 saturated carbocycles. The average Bonchev–Trinajstić information content (AvgIpc) is 2.29. The molecule has 2 aliphatic heterocycles. The Bertz CT molecular complexity index is 404. The molecule has 0 aromatic rings. The Morgan fingerprint density at radius 1 is 1.47 bits per heavy atom. The molecule has 0 aromatic carbocycles. The Balaban J connectivity index is 2.11. The number of rotatable bonds is 0. The number of amides is 1. The predicted octanol–water partition coefficient (Wildman–Crippen LogP) is 1.29. The van der Waals surface area contributed by atoms with E-state index in [1.165, 1.54) is 0 Å². The van der Waals surface area contributed by atoms with Gasteiger partial charge in [-0.05, 0) is 30.9 Å². The van der Waals surface area contributed by atoms with Crippen LogP contribution in [0.4, 0.5) is 0 Å². The van der Waals surface area contributed by atoms with Gasteiger partial charge in [0.15, 0.2) is 0 Å². The topological polar surface area (TPSA) is 38.3 Å². The molecule has 1 amide bonds. The minimum Gasteiger partial charge on any atom is -0.489 e. The standard InChI is InChI=1S/C12H13NO2/c14-12-11-8(5-6-13-12)3-4-10-9(11)2-1-7-15-10/h1-2,4,8H,3,5-7H2,(H,13,14). The molecule has 2 heterocycles. The lowest BCUT2D eigenvalue weighted by Gasteiger charge is -2.31. The van der Waals surface area contributed by atoms with E-state index in [4.69, 9.17) is 4.74 Å². The maximum absolute atomic E-state index is 11.8. The number of carbonyl (C=O) groups excluding carboxylic acids is 1. The summed E-state index contributed by atoms with van der Waals surface area (Å²) in [7, 11) is 0. The number of hydrogen-bond acceptors (Lipinski definition) is 2. The summed E-state index contributed by atoms with van der Waals surface area (Å²) in [6.07, 6.45) is 8.08. The van der Waals surface area contributed by atoms with Gasteiger partial charge in [-0.15, -0.1) is 0 Å². The molecule has 1 fully saturated rings. The van der Waals surface area contributed by atoms with Crippen molar-refractivity contribution in [2.75, 3.05) is 13.2 Å². The number of piperidine rings is 1.